The van der Waals surface area contributed by atoms with Crippen molar-refractivity contribution in [3.05, 3.63) is 46.5 Å². The average Bonchev–Trinajstić information content (AvgIpc) is 2.99. The summed E-state index contributed by atoms with van der Waals surface area (Å²) in [6, 6.07) is 4.15. The molecule has 0 N–H and O–H groups in total. The average molecular weight is 302 g/mol. The fourth-order valence-corrected chi connectivity index (χ4v) is 2.22. The molecule has 2 atom stereocenters. The van der Waals surface area contributed by atoms with Gasteiger partial charge in [0, 0.05) is 6.07 Å². The molecule has 8 heteroatoms. The van der Waals surface area contributed by atoms with Crippen molar-refractivity contribution in [2.75, 3.05) is 6.61 Å². The van der Waals surface area contributed by atoms with Crippen molar-refractivity contribution in [3.63, 3.8) is 0 Å². The first kappa shape index (κ1) is 14.2. The van der Waals surface area contributed by atoms with Crippen LogP contribution in [0.15, 0.2) is 30.9 Å². The molecular weight excluding hydrogens is 288 g/mol. The van der Waals surface area contributed by atoms with Gasteiger partial charge in [0.05, 0.1) is 17.1 Å². The Hall–Kier alpha value is -2.77. The lowest BCUT2D eigenvalue weighted by Crippen LogP contribution is -2.09. The molecule has 3 rings (SSSR count). The van der Waals surface area contributed by atoms with Gasteiger partial charge in [-0.05, 0) is 30.4 Å². The second-order valence-electron chi connectivity index (χ2n) is 5.37. The van der Waals surface area contributed by atoms with Crippen molar-refractivity contribution in [3.8, 4) is 5.69 Å². The molecule has 0 bridgehead atoms. The number of hydrogen-bond acceptors (Lipinski definition) is 6. The van der Waals surface area contributed by atoms with E-state index in [-0.39, 0.29) is 16.9 Å². The van der Waals surface area contributed by atoms with Crippen LogP contribution in [0.1, 0.15) is 23.7 Å². The van der Waals surface area contributed by atoms with Gasteiger partial charge in [-0.2, -0.15) is 5.10 Å². The summed E-state index contributed by atoms with van der Waals surface area (Å²) >= 11 is 0. The molecule has 1 saturated carbocycles. The summed E-state index contributed by atoms with van der Waals surface area (Å²) in [7, 11) is 0. The third-order valence-corrected chi connectivity index (χ3v) is 3.78. The topological polar surface area (TPSA) is 100 Å². The van der Waals surface area contributed by atoms with Crippen molar-refractivity contribution in [2.45, 2.75) is 13.3 Å². The maximum Gasteiger partial charge on any atom is 0.338 e. The third-order valence-electron chi connectivity index (χ3n) is 3.78. The molecule has 8 nitrogen and oxygen atoms in total. The van der Waals surface area contributed by atoms with E-state index in [1.165, 1.54) is 35.5 Å². The Labute approximate surface area is 125 Å². The molecule has 2 aromatic rings. The summed E-state index contributed by atoms with van der Waals surface area (Å²) in [4.78, 5) is 26.4. The Bertz CT molecular complexity index is 714. The molecule has 1 aromatic heterocycles. The van der Waals surface area contributed by atoms with E-state index in [1.807, 2.05) is 0 Å². The minimum Gasteiger partial charge on any atom is -0.462 e. The first-order valence-corrected chi connectivity index (χ1v) is 6.87. The van der Waals surface area contributed by atoms with Crippen LogP contribution in [0.2, 0.25) is 0 Å². The minimum absolute atomic E-state index is 0.156. The normalized spacial score (nSPS) is 19.7. The molecule has 1 aliphatic rings. The minimum atomic E-state index is -0.559. The number of rotatable bonds is 5. The van der Waals surface area contributed by atoms with E-state index in [2.05, 4.69) is 17.0 Å². The Morgan fingerprint density at radius 2 is 2.32 bits per heavy atom. The van der Waals surface area contributed by atoms with Crippen LogP contribution in [0.4, 0.5) is 5.69 Å². The number of carbonyl (C=O) groups excluding carboxylic acids is 1. The van der Waals surface area contributed by atoms with E-state index in [0.717, 1.165) is 6.42 Å². The van der Waals surface area contributed by atoms with Gasteiger partial charge in [-0.3, -0.25) is 10.1 Å². The van der Waals surface area contributed by atoms with E-state index >= 15 is 0 Å². The van der Waals surface area contributed by atoms with Crippen molar-refractivity contribution >= 4 is 11.7 Å². The molecule has 0 amide bonds. The first-order valence-electron chi connectivity index (χ1n) is 6.87. The molecule has 1 aliphatic carbocycles. The van der Waals surface area contributed by atoms with Crippen LogP contribution >= 0.6 is 0 Å². The van der Waals surface area contributed by atoms with E-state index in [0.29, 0.717) is 18.4 Å². The monoisotopic (exact) mass is 302 g/mol. The van der Waals surface area contributed by atoms with Gasteiger partial charge < -0.3 is 4.74 Å². The van der Waals surface area contributed by atoms with Crippen LogP contribution in [0.3, 0.4) is 0 Å². The van der Waals surface area contributed by atoms with Gasteiger partial charge in [-0.1, -0.05) is 6.92 Å². The molecule has 0 saturated heterocycles. The van der Waals surface area contributed by atoms with Gasteiger partial charge in [-0.15, -0.1) is 0 Å². The predicted molar refractivity (Wildman–Crippen MR) is 75.6 cm³/mol. The number of aromatic nitrogens is 3. The lowest BCUT2D eigenvalue weighted by Gasteiger charge is -2.06. The number of esters is 1. The lowest BCUT2D eigenvalue weighted by atomic mass is 10.1. The summed E-state index contributed by atoms with van der Waals surface area (Å²) in [5.74, 6) is 0.442. The standard InChI is InChI=1S/C14H14N4O4/c1-9-4-11(9)6-22-14(19)10-2-3-12(13(5-10)18(20)21)17-8-15-7-16-17/h2-3,5,7-9,11H,4,6H2,1H3/t9-,11+/m0/s1. The van der Waals surface area contributed by atoms with Crippen LogP contribution < -0.4 is 0 Å². The highest BCUT2D eigenvalue weighted by molar-refractivity contribution is 5.90. The van der Waals surface area contributed by atoms with Crippen molar-refractivity contribution in [2.24, 2.45) is 11.8 Å². The number of hydrogen-bond donors (Lipinski definition) is 0. The zero-order valence-electron chi connectivity index (χ0n) is 11.9. The number of benzene rings is 1. The number of ether oxygens (including phenoxy) is 1. The molecule has 114 valence electrons. The third kappa shape index (κ3) is 2.80. The van der Waals surface area contributed by atoms with Gasteiger partial charge in [-0.25, -0.2) is 14.5 Å². The van der Waals surface area contributed by atoms with E-state index in [9.17, 15) is 14.9 Å². The second-order valence-corrected chi connectivity index (χ2v) is 5.37. The predicted octanol–water partition coefficient (Wildman–Crippen LogP) is 1.99. The molecule has 0 spiro atoms. The van der Waals surface area contributed by atoms with Gasteiger partial charge in [0.2, 0.25) is 0 Å². The number of nitro benzene ring substituents is 1. The molecule has 1 heterocycles. The van der Waals surface area contributed by atoms with Crippen molar-refractivity contribution in [1.29, 1.82) is 0 Å². The quantitative estimate of drug-likeness (QED) is 0.475. The van der Waals surface area contributed by atoms with Crippen molar-refractivity contribution < 1.29 is 14.5 Å². The first-order chi connectivity index (χ1) is 10.6. The number of nitro groups is 1. The fraction of sp³-hybridized carbons (Fsp3) is 0.357. The summed E-state index contributed by atoms with van der Waals surface area (Å²) in [5, 5.41) is 15.1. The van der Waals surface area contributed by atoms with E-state index < -0.39 is 10.9 Å². The summed E-state index contributed by atoms with van der Waals surface area (Å²) < 4.78 is 6.47. The fourth-order valence-electron chi connectivity index (χ4n) is 2.22. The Morgan fingerprint density at radius 1 is 1.55 bits per heavy atom. The highest BCUT2D eigenvalue weighted by atomic mass is 16.6. The maximum atomic E-state index is 12.0. The Morgan fingerprint density at radius 3 is 2.91 bits per heavy atom. The molecule has 22 heavy (non-hydrogen) atoms. The van der Waals surface area contributed by atoms with Gasteiger partial charge >= 0.3 is 5.97 Å². The molecule has 0 radical (unpaired) electrons. The van der Waals surface area contributed by atoms with Crippen LogP contribution in [-0.2, 0) is 4.74 Å². The summed E-state index contributed by atoms with van der Waals surface area (Å²) in [6.07, 6.45) is 3.69. The highest BCUT2D eigenvalue weighted by Crippen LogP contribution is 2.37. The molecule has 1 fully saturated rings. The largest absolute Gasteiger partial charge is 0.462 e. The van der Waals surface area contributed by atoms with E-state index in [1.54, 1.807) is 0 Å². The van der Waals surface area contributed by atoms with E-state index in [4.69, 9.17) is 4.74 Å². The SMILES string of the molecule is C[C@H]1C[C@@H]1COC(=O)c1ccc(-n2cncn2)c([N+](=O)[O-])c1. The zero-order valence-corrected chi connectivity index (χ0v) is 11.9. The number of nitrogens with zero attached hydrogens (tertiary/aromatic N) is 4. The van der Waals surface area contributed by atoms with Crippen LogP contribution in [0.5, 0.6) is 0 Å². The van der Waals surface area contributed by atoms with Gasteiger partial charge in [0.15, 0.2) is 0 Å². The highest BCUT2D eigenvalue weighted by Gasteiger charge is 2.33. The molecule has 0 unspecified atom stereocenters. The molecular formula is C14H14N4O4. The van der Waals surface area contributed by atoms with Crippen molar-refractivity contribution in [1.82, 2.24) is 14.8 Å². The smallest absolute Gasteiger partial charge is 0.338 e. The van der Waals surface area contributed by atoms with Crippen LogP contribution in [-0.4, -0.2) is 32.3 Å². The van der Waals surface area contributed by atoms with Gasteiger partial charge in [0.1, 0.15) is 18.3 Å². The Balaban J connectivity index is 1.82. The Kier molecular flexibility index (Phi) is 3.58. The van der Waals surface area contributed by atoms with Gasteiger partial charge in [0.25, 0.3) is 5.69 Å². The van der Waals surface area contributed by atoms with Crippen LogP contribution in [0.25, 0.3) is 5.69 Å². The summed E-state index contributed by atoms with van der Waals surface area (Å²) in [6.45, 7) is 2.45. The maximum absolute atomic E-state index is 12.0. The zero-order chi connectivity index (χ0) is 15.7. The second kappa shape index (κ2) is 5.55. The molecule has 0 aliphatic heterocycles. The van der Waals surface area contributed by atoms with Crippen LogP contribution in [0, 0.1) is 22.0 Å². The number of carbonyl (C=O) groups is 1. The lowest BCUT2D eigenvalue weighted by molar-refractivity contribution is -0.384. The molecule has 1 aromatic carbocycles. The summed E-state index contributed by atoms with van der Waals surface area (Å²) in [5.41, 5.74) is 0.179.